The molecule has 0 bridgehead atoms. The van der Waals surface area contributed by atoms with Crippen LogP contribution in [0.15, 0.2) is 0 Å². The first-order chi connectivity index (χ1) is 4.74. The summed E-state index contributed by atoms with van der Waals surface area (Å²) in [7, 11) is 1.38. The quantitative estimate of drug-likeness (QED) is 0.441. The van der Waals surface area contributed by atoms with Crippen molar-refractivity contribution in [1.29, 1.82) is 0 Å². The Hall–Kier alpha value is -0.280. The summed E-state index contributed by atoms with van der Waals surface area (Å²) < 4.78 is 4.52. The molecule has 2 unspecified atom stereocenters. The van der Waals surface area contributed by atoms with E-state index in [4.69, 9.17) is 11.6 Å². The number of hydrogen-bond donors (Lipinski definition) is 1. The van der Waals surface area contributed by atoms with E-state index >= 15 is 0 Å². The normalized spacial score (nSPS) is 32.2. The van der Waals surface area contributed by atoms with Crippen LogP contribution in [0, 0.1) is 0 Å². The third-order valence-corrected chi connectivity index (χ3v) is 1.90. The molecule has 0 saturated carbocycles. The maximum Gasteiger partial charge on any atom is 0.322 e. The molecule has 0 amide bonds. The van der Waals surface area contributed by atoms with Crippen LogP contribution in [0.25, 0.3) is 0 Å². The molecule has 1 aliphatic heterocycles. The molecule has 1 aliphatic rings. The van der Waals surface area contributed by atoms with Gasteiger partial charge in [0.1, 0.15) is 6.04 Å². The van der Waals surface area contributed by atoms with Gasteiger partial charge in [-0.15, -0.1) is 11.6 Å². The zero-order chi connectivity index (χ0) is 7.56. The van der Waals surface area contributed by atoms with Crippen molar-refractivity contribution in [3.05, 3.63) is 0 Å². The molecule has 1 fully saturated rings. The minimum atomic E-state index is -0.219. The summed E-state index contributed by atoms with van der Waals surface area (Å²) in [5, 5.41) is 3.02. The Morgan fingerprint density at radius 1 is 1.80 bits per heavy atom. The maximum atomic E-state index is 10.8. The largest absolute Gasteiger partial charge is 0.468 e. The van der Waals surface area contributed by atoms with Crippen molar-refractivity contribution in [2.45, 2.75) is 17.8 Å². The Morgan fingerprint density at radius 2 is 2.50 bits per heavy atom. The lowest BCUT2D eigenvalue weighted by molar-refractivity contribution is -0.142. The van der Waals surface area contributed by atoms with E-state index in [1.807, 2.05) is 0 Å². The van der Waals surface area contributed by atoms with Crippen LogP contribution < -0.4 is 5.32 Å². The number of methoxy groups -OCH3 is 1. The number of esters is 1. The molecule has 1 saturated heterocycles. The minimum Gasteiger partial charge on any atom is -0.468 e. The number of alkyl halides is 1. The van der Waals surface area contributed by atoms with Crippen molar-refractivity contribution >= 4 is 17.6 Å². The SMILES string of the molecule is COC(=O)C1CC(Cl)CN1. The average molecular weight is 164 g/mol. The van der Waals surface area contributed by atoms with Gasteiger partial charge in [-0.2, -0.15) is 0 Å². The molecule has 58 valence electrons. The summed E-state index contributed by atoms with van der Waals surface area (Å²) in [5.74, 6) is -0.219. The van der Waals surface area contributed by atoms with E-state index < -0.39 is 0 Å². The lowest BCUT2D eigenvalue weighted by Crippen LogP contribution is -2.31. The van der Waals surface area contributed by atoms with Gasteiger partial charge in [-0.05, 0) is 6.42 Å². The first kappa shape index (κ1) is 7.82. The first-order valence-electron chi connectivity index (χ1n) is 3.19. The topological polar surface area (TPSA) is 38.3 Å². The smallest absolute Gasteiger partial charge is 0.322 e. The van der Waals surface area contributed by atoms with Crippen LogP contribution in [0.1, 0.15) is 6.42 Å². The van der Waals surface area contributed by atoms with E-state index in [-0.39, 0.29) is 17.4 Å². The molecular weight excluding hydrogens is 154 g/mol. The van der Waals surface area contributed by atoms with E-state index in [1.54, 1.807) is 0 Å². The number of halogens is 1. The highest BCUT2D eigenvalue weighted by atomic mass is 35.5. The molecule has 4 heteroatoms. The average Bonchev–Trinajstić information content (AvgIpc) is 2.34. The lowest BCUT2D eigenvalue weighted by atomic mass is 10.2. The van der Waals surface area contributed by atoms with Crippen molar-refractivity contribution in [3.8, 4) is 0 Å². The monoisotopic (exact) mass is 163 g/mol. The van der Waals surface area contributed by atoms with Gasteiger partial charge in [-0.1, -0.05) is 0 Å². The standard InChI is InChI=1S/C6H10ClNO2/c1-10-6(9)5-2-4(7)3-8-5/h4-5,8H,2-3H2,1H3. The fourth-order valence-electron chi connectivity index (χ4n) is 1.01. The van der Waals surface area contributed by atoms with E-state index in [0.717, 1.165) is 0 Å². The van der Waals surface area contributed by atoms with Crippen molar-refractivity contribution < 1.29 is 9.53 Å². The predicted molar refractivity (Wildman–Crippen MR) is 38.1 cm³/mol. The van der Waals surface area contributed by atoms with E-state index in [2.05, 4.69) is 10.1 Å². The Morgan fingerprint density at radius 3 is 2.90 bits per heavy atom. The van der Waals surface area contributed by atoms with Gasteiger partial charge in [-0.3, -0.25) is 4.79 Å². The van der Waals surface area contributed by atoms with Crippen LogP contribution in [-0.2, 0) is 9.53 Å². The van der Waals surface area contributed by atoms with Gasteiger partial charge in [0.15, 0.2) is 0 Å². The Kier molecular flexibility index (Phi) is 2.51. The summed E-state index contributed by atoms with van der Waals surface area (Å²) in [4.78, 5) is 10.8. The van der Waals surface area contributed by atoms with Crippen LogP contribution in [0.3, 0.4) is 0 Å². The summed E-state index contributed by atoms with van der Waals surface area (Å²) >= 11 is 5.74. The first-order valence-corrected chi connectivity index (χ1v) is 3.63. The number of ether oxygens (including phenoxy) is 1. The van der Waals surface area contributed by atoms with Gasteiger partial charge < -0.3 is 10.1 Å². The highest BCUT2D eigenvalue weighted by Gasteiger charge is 2.28. The molecule has 0 aromatic rings. The van der Waals surface area contributed by atoms with Gasteiger partial charge in [0.25, 0.3) is 0 Å². The van der Waals surface area contributed by atoms with Gasteiger partial charge in [-0.25, -0.2) is 0 Å². The van der Waals surface area contributed by atoms with Crippen LogP contribution in [-0.4, -0.2) is 31.0 Å². The third-order valence-electron chi connectivity index (χ3n) is 1.56. The number of carbonyl (C=O) groups excluding carboxylic acids is 1. The minimum absolute atomic E-state index is 0.0732. The number of carbonyl (C=O) groups is 1. The van der Waals surface area contributed by atoms with Crippen LogP contribution in [0.4, 0.5) is 0 Å². The Bertz CT molecular complexity index is 140. The molecule has 1 rings (SSSR count). The zero-order valence-electron chi connectivity index (χ0n) is 5.76. The van der Waals surface area contributed by atoms with Crippen molar-refractivity contribution in [3.63, 3.8) is 0 Å². The summed E-state index contributed by atoms with van der Waals surface area (Å²) in [6, 6.07) is -0.188. The van der Waals surface area contributed by atoms with Crippen molar-refractivity contribution in [2.24, 2.45) is 0 Å². The third kappa shape index (κ3) is 1.61. The van der Waals surface area contributed by atoms with Crippen LogP contribution in [0.2, 0.25) is 0 Å². The van der Waals surface area contributed by atoms with Gasteiger partial charge >= 0.3 is 5.97 Å². The summed E-state index contributed by atoms with van der Waals surface area (Å²) in [6.07, 6.45) is 0.675. The molecule has 0 aromatic heterocycles. The molecule has 2 atom stereocenters. The summed E-state index contributed by atoms with van der Waals surface area (Å²) in [5.41, 5.74) is 0. The molecular formula is C6H10ClNO2. The Labute approximate surface area is 64.7 Å². The highest BCUT2D eigenvalue weighted by molar-refractivity contribution is 6.21. The highest BCUT2D eigenvalue weighted by Crippen LogP contribution is 2.12. The molecule has 0 radical (unpaired) electrons. The molecule has 0 aromatic carbocycles. The predicted octanol–water partition coefficient (Wildman–Crippen LogP) is 0.129. The number of rotatable bonds is 1. The van der Waals surface area contributed by atoms with Crippen LogP contribution in [0.5, 0.6) is 0 Å². The molecule has 0 aliphatic carbocycles. The number of nitrogens with one attached hydrogen (secondary N) is 1. The van der Waals surface area contributed by atoms with Gasteiger partial charge in [0.05, 0.1) is 7.11 Å². The molecule has 1 N–H and O–H groups in total. The molecule has 3 nitrogen and oxygen atoms in total. The second-order valence-electron chi connectivity index (χ2n) is 2.32. The number of hydrogen-bond acceptors (Lipinski definition) is 3. The van der Waals surface area contributed by atoms with Crippen LogP contribution >= 0.6 is 11.6 Å². The van der Waals surface area contributed by atoms with Crippen molar-refractivity contribution in [1.82, 2.24) is 5.32 Å². The summed E-state index contributed by atoms with van der Waals surface area (Å²) in [6.45, 7) is 0.696. The maximum absolute atomic E-state index is 10.8. The fourth-order valence-corrected chi connectivity index (χ4v) is 1.28. The van der Waals surface area contributed by atoms with Crippen molar-refractivity contribution in [2.75, 3.05) is 13.7 Å². The second-order valence-corrected chi connectivity index (χ2v) is 2.93. The molecule has 10 heavy (non-hydrogen) atoms. The zero-order valence-corrected chi connectivity index (χ0v) is 6.52. The van der Waals surface area contributed by atoms with Gasteiger partial charge in [0, 0.05) is 11.9 Å². The second kappa shape index (κ2) is 3.21. The molecule has 1 heterocycles. The van der Waals surface area contributed by atoms with E-state index in [9.17, 15) is 4.79 Å². The van der Waals surface area contributed by atoms with E-state index in [0.29, 0.717) is 13.0 Å². The lowest BCUT2D eigenvalue weighted by Gasteiger charge is -2.05. The van der Waals surface area contributed by atoms with E-state index in [1.165, 1.54) is 7.11 Å². The molecule has 0 spiro atoms. The fraction of sp³-hybridized carbons (Fsp3) is 0.833. The van der Waals surface area contributed by atoms with Gasteiger partial charge in [0.2, 0.25) is 0 Å². The Balaban J connectivity index is 2.37.